The summed E-state index contributed by atoms with van der Waals surface area (Å²) in [6.07, 6.45) is 0. The normalized spacial score (nSPS) is 11.9. The minimum Gasteiger partial charge on any atom is -0.343 e. The van der Waals surface area contributed by atoms with E-state index in [2.05, 4.69) is 121 Å². The average molecular weight is 408 g/mol. The van der Waals surface area contributed by atoms with Crippen LogP contribution in [-0.4, -0.2) is 4.57 Å². The van der Waals surface area contributed by atoms with Crippen molar-refractivity contribution < 1.29 is 0 Å². The van der Waals surface area contributed by atoms with Crippen LogP contribution in [0.3, 0.4) is 0 Å². The second-order valence-corrected chi connectivity index (χ2v) is 8.67. The Kier molecular flexibility index (Phi) is 3.54. The zero-order valence-corrected chi connectivity index (χ0v) is 17.8. The molecule has 32 heavy (non-hydrogen) atoms. The van der Waals surface area contributed by atoms with Gasteiger partial charge < -0.3 is 4.57 Å². The fraction of sp³-hybridized carbons (Fsp3) is 0.0323. The second-order valence-electron chi connectivity index (χ2n) is 8.67. The standard InChI is InChI=1S/C31H21N/c1-32-29-13-7-6-12-27(29)28-17-14-22-19-23(15-16-26(22)31(28)32)30-24-10-4-2-8-20(24)18-21-9-3-5-11-25(21)30/h2-19H,1H3. The number of fused-ring (bicyclic) bond motifs is 7. The molecule has 0 N–H and O–H groups in total. The van der Waals surface area contributed by atoms with Crippen molar-refractivity contribution in [3.63, 3.8) is 0 Å². The Morgan fingerprint density at radius 3 is 1.81 bits per heavy atom. The third-order valence-corrected chi connectivity index (χ3v) is 6.94. The van der Waals surface area contributed by atoms with Crippen LogP contribution in [0.15, 0.2) is 109 Å². The van der Waals surface area contributed by atoms with Gasteiger partial charge in [0.15, 0.2) is 0 Å². The second kappa shape index (κ2) is 6.45. The number of aryl methyl sites for hydroxylation is 1. The van der Waals surface area contributed by atoms with Gasteiger partial charge in [0.2, 0.25) is 0 Å². The Morgan fingerprint density at radius 1 is 0.469 bits per heavy atom. The molecule has 0 spiro atoms. The predicted molar refractivity (Wildman–Crippen MR) is 138 cm³/mol. The van der Waals surface area contributed by atoms with Crippen LogP contribution in [-0.2, 0) is 7.05 Å². The Balaban J connectivity index is 1.58. The molecule has 0 aliphatic carbocycles. The molecule has 0 fully saturated rings. The van der Waals surface area contributed by atoms with E-state index in [0.29, 0.717) is 0 Å². The third-order valence-electron chi connectivity index (χ3n) is 6.94. The minimum atomic E-state index is 1.27. The smallest absolute Gasteiger partial charge is 0.0568 e. The highest BCUT2D eigenvalue weighted by atomic mass is 14.9. The predicted octanol–water partition coefficient (Wildman–Crippen LogP) is 8.46. The van der Waals surface area contributed by atoms with Gasteiger partial charge in [-0.25, -0.2) is 0 Å². The van der Waals surface area contributed by atoms with Crippen LogP contribution in [0.2, 0.25) is 0 Å². The number of hydrogen-bond donors (Lipinski definition) is 0. The molecule has 0 saturated carbocycles. The highest BCUT2D eigenvalue weighted by Crippen LogP contribution is 2.39. The third kappa shape index (κ3) is 2.34. The lowest BCUT2D eigenvalue weighted by Gasteiger charge is -2.13. The molecular formula is C31H21N. The molecule has 7 aromatic rings. The van der Waals surface area contributed by atoms with Crippen molar-refractivity contribution >= 4 is 54.1 Å². The molecule has 0 radical (unpaired) electrons. The number of aromatic nitrogens is 1. The van der Waals surface area contributed by atoms with Crippen molar-refractivity contribution in [2.75, 3.05) is 0 Å². The van der Waals surface area contributed by atoms with Crippen molar-refractivity contribution in [1.82, 2.24) is 4.57 Å². The van der Waals surface area contributed by atoms with Crippen molar-refractivity contribution in [1.29, 1.82) is 0 Å². The highest BCUT2D eigenvalue weighted by Gasteiger charge is 2.14. The summed E-state index contributed by atoms with van der Waals surface area (Å²) in [5, 5.41) is 10.4. The number of rotatable bonds is 1. The maximum Gasteiger partial charge on any atom is 0.0568 e. The Hall–Kier alpha value is -4.10. The quantitative estimate of drug-likeness (QED) is 0.241. The molecule has 0 unspecified atom stereocenters. The molecule has 0 amide bonds. The first kappa shape index (κ1) is 17.6. The molecule has 150 valence electrons. The lowest BCUT2D eigenvalue weighted by atomic mass is 9.91. The maximum absolute atomic E-state index is 2.36. The SMILES string of the molecule is Cn1c2ccccc2c2ccc3cc(-c4c5ccccc5cc5ccccc45)ccc3c21. The van der Waals surface area contributed by atoms with E-state index in [1.165, 1.54) is 65.3 Å². The molecule has 0 bridgehead atoms. The fourth-order valence-corrected chi connectivity index (χ4v) is 5.49. The van der Waals surface area contributed by atoms with Crippen LogP contribution >= 0.6 is 0 Å². The van der Waals surface area contributed by atoms with E-state index in [1.54, 1.807) is 0 Å². The number of hydrogen-bond acceptors (Lipinski definition) is 0. The van der Waals surface area contributed by atoms with Gasteiger partial charge in [-0.15, -0.1) is 0 Å². The van der Waals surface area contributed by atoms with Gasteiger partial charge in [0, 0.05) is 28.7 Å². The van der Waals surface area contributed by atoms with Gasteiger partial charge in [0.05, 0.1) is 5.52 Å². The van der Waals surface area contributed by atoms with Crippen molar-refractivity contribution in [3.05, 3.63) is 109 Å². The molecule has 0 atom stereocenters. The van der Waals surface area contributed by atoms with E-state index in [4.69, 9.17) is 0 Å². The van der Waals surface area contributed by atoms with Gasteiger partial charge in [-0.2, -0.15) is 0 Å². The van der Waals surface area contributed by atoms with Crippen molar-refractivity contribution in [2.24, 2.45) is 7.05 Å². The Bertz CT molecular complexity index is 1780. The zero-order chi connectivity index (χ0) is 21.2. The van der Waals surface area contributed by atoms with E-state index in [0.717, 1.165) is 0 Å². The fourth-order valence-electron chi connectivity index (χ4n) is 5.49. The zero-order valence-electron chi connectivity index (χ0n) is 17.8. The van der Waals surface area contributed by atoms with Crippen LogP contribution in [0, 0.1) is 0 Å². The van der Waals surface area contributed by atoms with Crippen molar-refractivity contribution in [2.45, 2.75) is 0 Å². The van der Waals surface area contributed by atoms with Crippen LogP contribution in [0.5, 0.6) is 0 Å². The summed E-state index contributed by atoms with van der Waals surface area (Å²) in [4.78, 5) is 0. The van der Waals surface area contributed by atoms with E-state index in [1.807, 2.05) is 0 Å². The van der Waals surface area contributed by atoms with E-state index >= 15 is 0 Å². The monoisotopic (exact) mass is 407 g/mol. The van der Waals surface area contributed by atoms with Gasteiger partial charge >= 0.3 is 0 Å². The molecule has 0 aliphatic rings. The van der Waals surface area contributed by atoms with Gasteiger partial charge in [-0.3, -0.25) is 0 Å². The van der Waals surface area contributed by atoms with Gasteiger partial charge in [0.25, 0.3) is 0 Å². The topological polar surface area (TPSA) is 4.93 Å². The van der Waals surface area contributed by atoms with Crippen molar-refractivity contribution in [3.8, 4) is 11.1 Å². The Labute approximate surface area is 186 Å². The molecule has 1 heteroatoms. The molecular weight excluding hydrogens is 386 g/mol. The van der Waals surface area contributed by atoms with E-state index in [9.17, 15) is 0 Å². The molecule has 1 nitrogen and oxygen atoms in total. The maximum atomic E-state index is 2.36. The van der Waals surface area contributed by atoms with Crippen LogP contribution in [0.25, 0.3) is 65.3 Å². The van der Waals surface area contributed by atoms with Gasteiger partial charge in [0.1, 0.15) is 0 Å². The first-order chi connectivity index (χ1) is 15.8. The summed E-state index contributed by atoms with van der Waals surface area (Å²) < 4.78 is 2.33. The number of nitrogens with zero attached hydrogens (tertiary/aromatic N) is 1. The average Bonchev–Trinajstić information content (AvgIpc) is 3.14. The summed E-state index contributed by atoms with van der Waals surface area (Å²) in [6.45, 7) is 0. The van der Waals surface area contributed by atoms with Crippen LogP contribution in [0.4, 0.5) is 0 Å². The van der Waals surface area contributed by atoms with E-state index in [-0.39, 0.29) is 0 Å². The number of benzene rings is 6. The number of para-hydroxylation sites is 1. The van der Waals surface area contributed by atoms with E-state index < -0.39 is 0 Å². The molecule has 1 heterocycles. The summed E-state index contributed by atoms with van der Waals surface area (Å²) in [5.74, 6) is 0. The lowest BCUT2D eigenvalue weighted by molar-refractivity contribution is 1.02. The molecule has 7 rings (SSSR count). The molecule has 6 aromatic carbocycles. The van der Waals surface area contributed by atoms with Gasteiger partial charge in [-0.05, 0) is 56.3 Å². The van der Waals surface area contributed by atoms with Crippen LogP contribution < -0.4 is 0 Å². The first-order valence-electron chi connectivity index (χ1n) is 11.1. The summed E-state index contributed by atoms with van der Waals surface area (Å²) in [5.41, 5.74) is 5.17. The molecule has 0 saturated heterocycles. The summed E-state index contributed by atoms with van der Waals surface area (Å²) in [7, 11) is 2.18. The summed E-state index contributed by atoms with van der Waals surface area (Å²) in [6, 6.07) is 39.9. The molecule has 0 aliphatic heterocycles. The first-order valence-corrected chi connectivity index (χ1v) is 11.1. The lowest BCUT2D eigenvalue weighted by Crippen LogP contribution is -1.89. The van der Waals surface area contributed by atoms with Gasteiger partial charge in [-0.1, -0.05) is 91.0 Å². The Morgan fingerprint density at radius 2 is 1.06 bits per heavy atom. The highest BCUT2D eigenvalue weighted by molar-refractivity contribution is 6.19. The minimum absolute atomic E-state index is 1.27. The molecule has 1 aromatic heterocycles. The summed E-state index contributed by atoms with van der Waals surface area (Å²) >= 11 is 0. The largest absolute Gasteiger partial charge is 0.343 e. The van der Waals surface area contributed by atoms with Crippen LogP contribution in [0.1, 0.15) is 0 Å².